The van der Waals surface area contributed by atoms with Gasteiger partial charge in [0.15, 0.2) is 34.6 Å². The second-order valence-corrected chi connectivity index (χ2v) is 14.1. The van der Waals surface area contributed by atoms with Crippen LogP contribution in [-0.2, 0) is 51.1 Å². The number of ether oxygens (including phenoxy) is 6. The topological polar surface area (TPSA) is 164 Å². The summed E-state index contributed by atoms with van der Waals surface area (Å²) in [5.74, 6) is 0.802. The average molecular weight is 743 g/mol. The van der Waals surface area contributed by atoms with Crippen LogP contribution in [0.4, 0.5) is 0 Å². The summed E-state index contributed by atoms with van der Waals surface area (Å²) in [6.45, 7) is 0.818. The number of hydrogen-bond donors (Lipinski definition) is 0. The molecule has 2 aromatic carbocycles. The van der Waals surface area contributed by atoms with Crippen molar-refractivity contribution in [3.05, 3.63) is 57.9 Å². The zero-order valence-corrected chi connectivity index (χ0v) is 31.2. The molecule has 0 aromatic heterocycles. The third kappa shape index (κ3) is 5.28. The van der Waals surface area contributed by atoms with Crippen molar-refractivity contribution in [3.63, 3.8) is 0 Å². The first-order chi connectivity index (χ1) is 25.9. The molecule has 14 heteroatoms. The number of methoxy groups -OCH3 is 6. The number of allylic oxidation sites excluding steroid dienone is 2. The van der Waals surface area contributed by atoms with Crippen LogP contribution < -0.4 is 18.9 Å². The van der Waals surface area contributed by atoms with Gasteiger partial charge in [-0.25, -0.2) is 0 Å². The van der Waals surface area contributed by atoms with Gasteiger partial charge in [0.25, 0.3) is 0 Å². The molecule has 2 fully saturated rings. The fourth-order valence-corrected chi connectivity index (χ4v) is 9.12. The normalized spacial score (nSPS) is 23.6. The van der Waals surface area contributed by atoms with E-state index in [0.29, 0.717) is 95.4 Å². The largest absolute Gasteiger partial charge is 0.493 e. The van der Waals surface area contributed by atoms with Gasteiger partial charge in [0, 0.05) is 49.9 Å². The molecule has 14 nitrogen and oxygen atoms in total. The lowest BCUT2D eigenvalue weighted by molar-refractivity contribution is -0.152. The lowest BCUT2D eigenvalue weighted by atomic mass is 9.71. The first-order valence-corrected chi connectivity index (χ1v) is 17.8. The number of Topliss-reactive ketones (excluding diaryl/α,β-unsaturated/α-hetero) is 2. The molecular formula is C40H42N2O12. The molecule has 284 valence electrons. The van der Waals surface area contributed by atoms with Crippen molar-refractivity contribution in [3.8, 4) is 23.0 Å². The molecule has 4 aliphatic heterocycles. The monoisotopic (exact) mass is 742 g/mol. The number of benzene rings is 2. The Morgan fingerprint density at radius 3 is 1.22 bits per heavy atom. The van der Waals surface area contributed by atoms with E-state index in [9.17, 15) is 28.8 Å². The van der Waals surface area contributed by atoms with Gasteiger partial charge in [0.05, 0.1) is 54.1 Å². The molecule has 0 bridgehead atoms. The summed E-state index contributed by atoms with van der Waals surface area (Å²) < 4.78 is 31.7. The Bertz CT molecular complexity index is 1950. The Morgan fingerprint density at radius 2 is 0.889 bits per heavy atom. The molecule has 2 saturated heterocycles. The summed E-state index contributed by atoms with van der Waals surface area (Å²) in [4.78, 5) is 80.0. The van der Waals surface area contributed by atoms with Crippen molar-refractivity contribution in [1.82, 2.24) is 9.80 Å². The molecule has 4 heterocycles. The minimum absolute atomic E-state index is 0.0500. The number of nitrogens with zero attached hydrogens (tertiary/aromatic N) is 2. The summed E-state index contributed by atoms with van der Waals surface area (Å²) >= 11 is 0. The molecule has 2 aliphatic carbocycles. The predicted octanol–water partition coefficient (Wildman–Crippen LogP) is 3.45. The average Bonchev–Trinajstić information content (AvgIpc) is 3.47. The van der Waals surface area contributed by atoms with Crippen molar-refractivity contribution in [1.29, 1.82) is 0 Å². The van der Waals surface area contributed by atoms with E-state index in [2.05, 4.69) is 0 Å². The summed E-state index contributed by atoms with van der Waals surface area (Å²) in [6.07, 6.45) is 2.19. The van der Waals surface area contributed by atoms with E-state index in [-0.39, 0.29) is 49.1 Å². The molecule has 8 rings (SSSR count). The van der Waals surface area contributed by atoms with Gasteiger partial charge in [-0.2, -0.15) is 0 Å². The quantitative estimate of drug-likeness (QED) is 0.397. The van der Waals surface area contributed by atoms with Gasteiger partial charge < -0.3 is 38.2 Å². The van der Waals surface area contributed by atoms with Crippen molar-refractivity contribution in [2.45, 2.75) is 51.4 Å². The van der Waals surface area contributed by atoms with Crippen LogP contribution in [0.5, 0.6) is 23.0 Å². The van der Waals surface area contributed by atoms with Crippen LogP contribution in [0.2, 0.25) is 0 Å². The van der Waals surface area contributed by atoms with Crippen LogP contribution in [0.3, 0.4) is 0 Å². The number of amides is 2. The molecule has 0 N–H and O–H groups in total. The number of carbonyl (C=O) groups excluding carboxylic acids is 6. The molecule has 0 saturated carbocycles. The zero-order chi connectivity index (χ0) is 38.7. The summed E-state index contributed by atoms with van der Waals surface area (Å²) in [6, 6.07) is 7.23. The number of rotatable bonds is 6. The summed E-state index contributed by atoms with van der Waals surface area (Å²) in [5.41, 5.74) is 2.92. The van der Waals surface area contributed by atoms with Gasteiger partial charge in [-0.15, -0.1) is 0 Å². The zero-order valence-electron chi connectivity index (χ0n) is 31.2. The smallest absolute Gasteiger partial charge is 0.318 e. The van der Waals surface area contributed by atoms with Crippen molar-refractivity contribution in [2.75, 3.05) is 55.7 Å². The van der Waals surface area contributed by atoms with Gasteiger partial charge >= 0.3 is 11.9 Å². The predicted molar refractivity (Wildman–Crippen MR) is 190 cm³/mol. The van der Waals surface area contributed by atoms with Crippen molar-refractivity contribution < 1.29 is 57.2 Å². The van der Waals surface area contributed by atoms with E-state index < -0.39 is 22.8 Å². The second kappa shape index (κ2) is 13.6. The highest BCUT2D eigenvalue weighted by Crippen LogP contribution is 2.56. The molecular weight excluding hydrogens is 700 g/mol. The van der Waals surface area contributed by atoms with E-state index in [4.69, 9.17) is 28.4 Å². The highest BCUT2D eigenvalue weighted by molar-refractivity contribution is 6.26. The van der Waals surface area contributed by atoms with Gasteiger partial charge in [-0.1, -0.05) is 0 Å². The number of esters is 2. The van der Waals surface area contributed by atoms with Crippen LogP contribution in [0.25, 0.3) is 11.1 Å². The Kier molecular flexibility index (Phi) is 9.27. The standard InChI is InChI=1S/2C20H21NO6/c2*1-25-14-8-11-5-7-21-16(23)10-20(19(24)27-3)6-4-13(22)17(18(20)21)12(11)9-15(14)26-2/h2*8-9H,4-7,10H2,1-3H3/t2*20-/m10/s1. The first-order valence-electron chi connectivity index (χ1n) is 17.8. The Hall–Kier alpha value is -5.66. The molecule has 0 radical (unpaired) electrons. The fourth-order valence-electron chi connectivity index (χ4n) is 9.12. The van der Waals surface area contributed by atoms with E-state index in [0.717, 1.165) is 11.1 Å². The van der Waals surface area contributed by atoms with Gasteiger partial charge in [-0.3, -0.25) is 28.8 Å². The van der Waals surface area contributed by atoms with Gasteiger partial charge in [0.2, 0.25) is 11.8 Å². The van der Waals surface area contributed by atoms with E-state index in [1.165, 1.54) is 28.4 Å². The minimum atomic E-state index is -1.08. The molecule has 0 unspecified atom stereocenters. The van der Waals surface area contributed by atoms with Crippen molar-refractivity contribution in [2.24, 2.45) is 10.8 Å². The Labute approximate surface area is 311 Å². The third-order valence-electron chi connectivity index (χ3n) is 11.7. The van der Waals surface area contributed by atoms with E-state index in [1.807, 2.05) is 12.1 Å². The SMILES string of the molecule is COC(=O)[C@@]12CCC(=O)C3=C1N(CCc1cc(OC)c(OC)cc13)C(=O)C2.COC(=O)[C@]12CCC(=O)C3=C1N(CCc1cc(OC)c(OC)cc13)C(=O)C2. The third-order valence-corrected chi connectivity index (χ3v) is 11.7. The molecule has 54 heavy (non-hydrogen) atoms. The molecule has 2 amide bonds. The maximum Gasteiger partial charge on any atom is 0.318 e. The van der Waals surface area contributed by atoms with Gasteiger partial charge in [0.1, 0.15) is 10.8 Å². The number of ketones is 2. The molecule has 0 spiro atoms. The lowest BCUT2D eigenvalue weighted by Gasteiger charge is -2.34. The maximum atomic E-state index is 13.0. The Balaban J connectivity index is 0.000000167. The van der Waals surface area contributed by atoms with E-state index in [1.54, 1.807) is 36.2 Å². The molecule has 2 aromatic rings. The number of carbonyl (C=O) groups is 6. The van der Waals surface area contributed by atoms with Crippen LogP contribution in [0.1, 0.15) is 60.8 Å². The lowest BCUT2D eigenvalue weighted by Crippen LogP contribution is -2.38. The highest BCUT2D eigenvalue weighted by atomic mass is 16.5. The number of hydrogen-bond acceptors (Lipinski definition) is 12. The highest BCUT2D eigenvalue weighted by Gasteiger charge is 2.60. The first kappa shape index (κ1) is 36.7. The Morgan fingerprint density at radius 1 is 0.537 bits per heavy atom. The van der Waals surface area contributed by atoms with Gasteiger partial charge in [-0.05, 0) is 72.2 Å². The summed E-state index contributed by atoms with van der Waals surface area (Å²) in [5, 5.41) is 0. The molecule has 6 aliphatic rings. The molecule has 2 atom stereocenters. The summed E-state index contributed by atoms with van der Waals surface area (Å²) in [7, 11) is 8.81. The van der Waals surface area contributed by atoms with Crippen molar-refractivity contribution >= 4 is 46.5 Å². The second-order valence-electron chi connectivity index (χ2n) is 14.1. The van der Waals surface area contributed by atoms with Crippen LogP contribution in [0, 0.1) is 10.8 Å². The fraction of sp³-hybridized carbons (Fsp3) is 0.450. The van der Waals surface area contributed by atoms with Crippen LogP contribution in [0.15, 0.2) is 35.7 Å². The van der Waals surface area contributed by atoms with E-state index >= 15 is 0 Å². The minimum Gasteiger partial charge on any atom is -0.493 e. The van der Waals surface area contributed by atoms with Crippen LogP contribution >= 0.6 is 0 Å². The number of fused-ring (bicyclic) bond motifs is 4. The van der Waals surface area contributed by atoms with Crippen LogP contribution in [-0.4, -0.2) is 101 Å². The maximum absolute atomic E-state index is 13.0.